The van der Waals surface area contributed by atoms with E-state index >= 15 is 0 Å². The van der Waals surface area contributed by atoms with Gasteiger partial charge in [-0.1, -0.05) is 13.8 Å². The predicted molar refractivity (Wildman–Crippen MR) is 107 cm³/mol. The summed E-state index contributed by atoms with van der Waals surface area (Å²) in [6.45, 7) is 3.15. The molecule has 0 aromatic carbocycles. The molecule has 4 aliphatic rings. The maximum atomic E-state index is 14.3. The van der Waals surface area contributed by atoms with Gasteiger partial charge in [-0.05, 0) is 61.7 Å². The third-order valence-corrected chi connectivity index (χ3v) is 8.71. The topological polar surface area (TPSA) is 46.5 Å². The average Bonchev–Trinajstić information content (AvgIpc) is 2.78. The van der Waals surface area contributed by atoms with Crippen molar-refractivity contribution in [3.8, 4) is 0 Å². The summed E-state index contributed by atoms with van der Waals surface area (Å²) in [7, 11) is 0. The molecule has 41 heavy (non-hydrogen) atoms. The molecule has 4 aliphatic carbocycles. The fraction of sp³-hybridized carbons (Fsp3) is 0.957. The van der Waals surface area contributed by atoms with Crippen LogP contribution in [0.25, 0.3) is 0 Å². The molecular weight excluding hydrogens is 609 g/mol. The van der Waals surface area contributed by atoms with Crippen molar-refractivity contribution in [2.75, 3.05) is 0 Å². The number of alkyl halides is 15. The maximum Gasteiger partial charge on any atom is 0.460 e. The molecule has 0 aliphatic heterocycles. The first-order valence-corrected chi connectivity index (χ1v) is 12.4. The average molecular weight is 634 g/mol. The summed E-state index contributed by atoms with van der Waals surface area (Å²) in [5, 5.41) is 9.89. The van der Waals surface area contributed by atoms with Crippen molar-refractivity contribution >= 4 is 5.97 Å². The number of rotatable bonds is 10. The van der Waals surface area contributed by atoms with Gasteiger partial charge in [0.05, 0.1) is 6.42 Å². The highest BCUT2D eigenvalue weighted by molar-refractivity contribution is 5.75. The molecule has 4 fully saturated rings. The van der Waals surface area contributed by atoms with Gasteiger partial charge < -0.3 is 9.84 Å². The lowest BCUT2D eigenvalue weighted by atomic mass is 9.47. The van der Waals surface area contributed by atoms with Crippen LogP contribution in [0.15, 0.2) is 0 Å². The Kier molecular flexibility index (Phi) is 8.01. The Morgan fingerprint density at radius 3 is 1.41 bits per heavy atom. The van der Waals surface area contributed by atoms with Crippen molar-refractivity contribution in [2.24, 2.45) is 29.6 Å². The van der Waals surface area contributed by atoms with Crippen molar-refractivity contribution in [1.29, 1.82) is 0 Å². The highest BCUT2D eigenvalue weighted by atomic mass is 19.4. The third kappa shape index (κ3) is 4.66. The van der Waals surface area contributed by atoms with Crippen LogP contribution in [0.5, 0.6) is 0 Å². The summed E-state index contributed by atoms with van der Waals surface area (Å²) < 4.78 is 207. The quantitative estimate of drug-likeness (QED) is 0.200. The lowest BCUT2D eigenvalue weighted by Crippen LogP contribution is -2.72. The van der Waals surface area contributed by atoms with E-state index in [9.17, 15) is 75.8 Å². The second-order valence-corrected chi connectivity index (χ2v) is 11.5. The minimum Gasteiger partial charge on any atom is -0.456 e. The van der Waals surface area contributed by atoms with Gasteiger partial charge in [0.25, 0.3) is 0 Å². The number of halogens is 15. The Morgan fingerprint density at radius 1 is 0.683 bits per heavy atom. The number of aliphatic hydroxyl groups excluding tert-OH is 1. The van der Waals surface area contributed by atoms with Gasteiger partial charge in [0.1, 0.15) is 5.60 Å². The van der Waals surface area contributed by atoms with Gasteiger partial charge >= 0.3 is 47.7 Å². The van der Waals surface area contributed by atoms with Crippen LogP contribution in [0, 0.1) is 29.6 Å². The van der Waals surface area contributed by atoms with Crippen LogP contribution >= 0.6 is 0 Å². The fourth-order valence-electron chi connectivity index (χ4n) is 6.84. The fourth-order valence-corrected chi connectivity index (χ4v) is 6.84. The number of aliphatic hydroxyl groups is 1. The van der Waals surface area contributed by atoms with E-state index in [2.05, 4.69) is 0 Å². The van der Waals surface area contributed by atoms with Crippen molar-refractivity contribution in [3.05, 3.63) is 0 Å². The smallest absolute Gasteiger partial charge is 0.456 e. The van der Waals surface area contributed by atoms with Gasteiger partial charge in [0.2, 0.25) is 0 Å². The summed E-state index contributed by atoms with van der Waals surface area (Å²) >= 11 is 0. The lowest BCUT2D eigenvalue weighted by molar-refractivity contribution is -0.453. The molecule has 1 N–H and O–H groups in total. The number of hydrogen-bond donors (Lipinski definition) is 1. The highest BCUT2D eigenvalue weighted by Gasteiger charge is 2.93. The zero-order chi connectivity index (χ0) is 32.0. The monoisotopic (exact) mass is 634 g/mol. The summed E-state index contributed by atoms with van der Waals surface area (Å²) in [4.78, 5) is 12.6. The van der Waals surface area contributed by atoms with Crippen molar-refractivity contribution in [2.45, 2.75) is 106 Å². The Morgan fingerprint density at radius 2 is 1.05 bits per heavy atom. The number of carbonyl (C=O) groups excluding carboxylic acids is 1. The second kappa shape index (κ2) is 9.69. The first-order valence-electron chi connectivity index (χ1n) is 12.4. The molecule has 3 nitrogen and oxygen atoms in total. The van der Waals surface area contributed by atoms with Crippen molar-refractivity contribution in [1.82, 2.24) is 0 Å². The second-order valence-electron chi connectivity index (χ2n) is 11.5. The first-order chi connectivity index (χ1) is 18.1. The Balaban J connectivity index is 1.86. The van der Waals surface area contributed by atoms with E-state index in [-0.39, 0.29) is 23.7 Å². The zero-order valence-corrected chi connectivity index (χ0v) is 21.1. The molecule has 4 rings (SSSR count). The van der Waals surface area contributed by atoms with Crippen LogP contribution in [0.4, 0.5) is 65.9 Å². The summed E-state index contributed by atoms with van der Waals surface area (Å²) in [6.07, 6.45) is -11.3. The summed E-state index contributed by atoms with van der Waals surface area (Å²) in [5.74, 6) is -50.5. The molecule has 0 heterocycles. The standard InChI is InChI=1S/C23H25F15O3/c1-9(2)17(12-4-10-3-11(6-12)7-13(17)5-10)41-15(40)14(39)8-16(24,25)18(26,27)19(28,29)20(30,31)21(32,33)22(34,35)23(36,37)38/h9-14,39H,3-8H2,1-2H3. The Hall–Kier alpha value is -1.62. The first kappa shape index (κ1) is 33.9. The van der Waals surface area contributed by atoms with Crippen LogP contribution in [0.1, 0.15) is 52.4 Å². The van der Waals surface area contributed by atoms with Gasteiger partial charge in [-0.3, -0.25) is 0 Å². The lowest BCUT2D eigenvalue weighted by Gasteiger charge is -2.62. The van der Waals surface area contributed by atoms with E-state index in [0.29, 0.717) is 25.7 Å². The molecule has 0 saturated heterocycles. The van der Waals surface area contributed by atoms with E-state index in [1.165, 1.54) is 0 Å². The van der Waals surface area contributed by atoms with Crippen LogP contribution in [-0.4, -0.2) is 64.5 Å². The molecule has 0 aromatic rings. The largest absolute Gasteiger partial charge is 0.460 e. The minimum atomic E-state index is -8.43. The molecule has 4 bridgehead atoms. The summed E-state index contributed by atoms with van der Waals surface area (Å²) in [5.41, 5.74) is -1.40. The van der Waals surface area contributed by atoms with E-state index in [1.807, 2.05) is 0 Å². The van der Waals surface area contributed by atoms with Gasteiger partial charge in [-0.15, -0.1) is 0 Å². The van der Waals surface area contributed by atoms with Crippen molar-refractivity contribution < 1.29 is 80.5 Å². The van der Waals surface area contributed by atoms with E-state index in [1.54, 1.807) is 13.8 Å². The van der Waals surface area contributed by atoms with Crippen LogP contribution in [-0.2, 0) is 9.53 Å². The molecule has 240 valence electrons. The van der Waals surface area contributed by atoms with E-state index < -0.39 is 71.7 Å². The molecule has 4 saturated carbocycles. The van der Waals surface area contributed by atoms with Gasteiger partial charge in [-0.25, -0.2) is 4.79 Å². The minimum absolute atomic E-state index is 0.253. The maximum absolute atomic E-state index is 14.3. The van der Waals surface area contributed by atoms with Gasteiger partial charge in [0, 0.05) is 0 Å². The molecule has 0 amide bonds. The van der Waals surface area contributed by atoms with E-state index in [0.717, 1.165) is 6.42 Å². The van der Waals surface area contributed by atoms with Crippen LogP contribution < -0.4 is 0 Å². The molecule has 1 atom stereocenters. The van der Waals surface area contributed by atoms with Crippen LogP contribution in [0.2, 0.25) is 0 Å². The molecule has 1 unspecified atom stereocenters. The van der Waals surface area contributed by atoms with Gasteiger partial charge in [0.15, 0.2) is 6.10 Å². The highest BCUT2D eigenvalue weighted by Crippen LogP contribution is 2.64. The number of esters is 1. The van der Waals surface area contributed by atoms with E-state index in [4.69, 9.17) is 4.74 Å². The van der Waals surface area contributed by atoms with Gasteiger partial charge in [-0.2, -0.15) is 65.9 Å². The molecule has 0 radical (unpaired) electrons. The Bertz CT molecular complexity index is 977. The molecule has 0 spiro atoms. The Labute approximate surface area is 222 Å². The molecular formula is C23H25F15O3. The molecule has 0 aromatic heterocycles. The predicted octanol–water partition coefficient (Wildman–Crippen LogP) is 7.51. The third-order valence-electron chi connectivity index (χ3n) is 8.71. The normalized spacial score (nSPS) is 30.6. The number of carbonyl (C=O) groups is 1. The number of ether oxygens (including phenoxy) is 1. The summed E-state index contributed by atoms with van der Waals surface area (Å²) in [6, 6.07) is 0. The van der Waals surface area contributed by atoms with Crippen molar-refractivity contribution in [3.63, 3.8) is 0 Å². The number of hydrogen-bond acceptors (Lipinski definition) is 3. The SMILES string of the molecule is CC(C)C1(OC(=O)C(O)CC(F)(F)C(F)(F)C(F)(F)C(F)(F)C(F)(F)C(F)(F)C(F)(F)F)C2CC3CC(C2)CC1C3. The zero-order valence-electron chi connectivity index (χ0n) is 21.1. The van der Waals surface area contributed by atoms with Crippen LogP contribution in [0.3, 0.4) is 0 Å². The molecule has 18 heteroatoms.